The van der Waals surface area contributed by atoms with Crippen LogP contribution in [0, 0.1) is 5.92 Å². The van der Waals surface area contributed by atoms with Gasteiger partial charge in [-0.15, -0.1) is 5.10 Å². The summed E-state index contributed by atoms with van der Waals surface area (Å²) in [5.41, 5.74) is 7.25. The van der Waals surface area contributed by atoms with Gasteiger partial charge in [-0.2, -0.15) is 0 Å². The quantitative estimate of drug-likeness (QED) is 0.472. The van der Waals surface area contributed by atoms with Crippen LogP contribution in [0.15, 0.2) is 39.8 Å². The van der Waals surface area contributed by atoms with Gasteiger partial charge < -0.3 is 15.5 Å². The summed E-state index contributed by atoms with van der Waals surface area (Å²) >= 11 is 0. The third-order valence-corrected chi connectivity index (χ3v) is 8.57. The fourth-order valence-electron chi connectivity index (χ4n) is 4.49. The molecule has 2 aromatic heterocycles. The Bertz CT molecular complexity index is 1340. The topological polar surface area (TPSA) is 166 Å². The Kier molecular flexibility index (Phi) is 5.56. The highest BCUT2D eigenvalue weighted by atomic mass is 32.2. The number of carbonyl (C=O) groups is 1. The van der Waals surface area contributed by atoms with E-state index in [1.165, 1.54) is 18.3 Å². The zero-order valence-electron chi connectivity index (χ0n) is 18.7. The number of hydrogen-bond acceptors (Lipinski definition) is 10. The highest BCUT2D eigenvalue weighted by molar-refractivity contribution is 7.92. The number of aromatic nitrogens is 4. The van der Waals surface area contributed by atoms with E-state index in [1.807, 2.05) is 0 Å². The van der Waals surface area contributed by atoms with Gasteiger partial charge in [0.05, 0.1) is 28.1 Å². The van der Waals surface area contributed by atoms with Crippen LogP contribution in [-0.4, -0.2) is 51.8 Å². The number of nitrogens with one attached hydrogen (secondary N) is 2. The minimum absolute atomic E-state index is 0.0158. The lowest BCUT2D eigenvalue weighted by molar-refractivity contribution is -0.119. The SMILES string of the molecule is CC(C)S(=O)(=O)c1ccc(-c2cnc(N)c(-c3nnc(NC(=O)C4NC5CCC4C5)o3)n2)cc1. The minimum atomic E-state index is -3.38. The van der Waals surface area contributed by atoms with E-state index >= 15 is 0 Å². The summed E-state index contributed by atoms with van der Waals surface area (Å²) in [7, 11) is -3.38. The first kappa shape index (κ1) is 22.4. The van der Waals surface area contributed by atoms with Crippen molar-refractivity contribution in [2.45, 2.75) is 55.3 Å². The van der Waals surface area contributed by atoms with Crippen molar-refractivity contribution in [3.8, 4) is 22.8 Å². The van der Waals surface area contributed by atoms with Gasteiger partial charge >= 0.3 is 6.01 Å². The van der Waals surface area contributed by atoms with Crippen molar-refractivity contribution < 1.29 is 17.6 Å². The van der Waals surface area contributed by atoms with Crippen molar-refractivity contribution in [1.29, 1.82) is 0 Å². The molecule has 2 fully saturated rings. The van der Waals surface area contributed by atoms with E-state index in [0.717, 1.165) is 19.3 Å². The van der Waals surface area contributed by atoms with Crippen molar-refractivity contribution in [2.75, 3.05) is 11.1 Å². The predicted molar refractivity (Wildman–Crippen MR) is 124 cm³/mol. The molecule has 0 spiro atoms. The molecule has 1 aliphatic carbocycles. The number of hydrogen-bond donors (Lipinski definition) is 3. The smallest absolute Gasteiger partial charge is 0.322 e. The second-order valence-electron chi connectivity index (χ2n) is 8.92. The molecule has 3 heterocycles. The molecule has 178 valence electrons. The second-order valence-corrected chi connectivity index (χ2v) is 11.4. The maximum absolute atomic E-state index is 12.6. The van der Waals surface area contributed by atoms with Crippen LogP contribution >= 0.6 is 0 Å². The Morgan fingerprint density at radius 2 is 1.97 bits per heavy atom. The molecule has 2 aliphatic rings. The largest absolute Gasteiger partial charge is 0.401 e. The molecule has 11 nitrogen and oxygen atoms in total. The molecule has 3 aromatic rings. The van der Waals surface area contributed by atoms with Gasteiger partial charge in [0.2, 0.25) is 5.91 Å². The lowest BCUT2D eigenvalue weighted by Gasteiger charge is -2.21. The minimum Gasteiger partial charge on any atom is -0.401 e. The average Bonchev–Trinajstić information content (AvgIpc) is 3.57. The van der Waals surface area contributed by atoms with E-state index < -0.39 is 15.1 Å². The van der Waals surface area contributed by atoms with E-state index in [2.05, 4.69) is 30.8 Å². The average molecular weight is 484 g/mol. The lowest BCUT2D eigenvalue weighted by atomic mass is 9.99. The number of sulfone groups is 1. The van der Waals surface area contributed by atoms with Gasteiger partial charge in [-0.3, -0.25) is 10.1 Å². The monoisotopic (exact) mass is 483 g/mol. The molecule has 4 N–H and O–H groups in total. The summed E-state index contributed by atoms with van der Waals surface area (Å²) in [4.78, 5) is 21.5. The summed E-state index contributed by atoms with van der Waals surface area (Å²) in [5, 5.41) is 13.3. The number of fused-ring (bicyclic) bond motifs is 2. The van der Waals surface area contributed by atoms with E-state index in [-0.39, 0.29) is 40.3 Å². The van der Waals surface area contributed by atoms with E-state index in [4.69, 9.17) is 10.2 Å². The summed E-state index contributed by atoms with van der Waals surface area (Å²) < 4.78 is 30.3. The Morgan fingerprint density at radius 3 is 2.62 bits per heavy atom. The van der Waals surface area contributed by atoms with Gasteiger partial charge in [0.25, 0.3) is 5.89 Å². The highest BCUT2D eigenvalue weighted by Crippen LogP contribution is 2.35. The molecule has 1 saturated carbocycles. The molecule has 3 atom stereocenters. The molecule has 0 radical (unpaired) electrons. The van der Waals surface area contributed by atoms with Crippen LogP contribution in [0.4, 0.5) is 11.8 Å². The van der Waals surface area contributed by atoms with Crippen LogP contribution in [0.3, 0.4) is 0 Å². The molecule has 12 heteroatoms. The maximum Gasteiger partial charge on any atom is 0.322 e. The van der Waals surface area contributed by atoms with E-state index in [0.29, 0.717) is 23.2 Å². The third kappa shape index (κ3) is 4.03. The molecule has 3 unspecified atom stereocenters. The lowest BCUT2D eigenvalue weighted by Crippen LogP contribution is -2.44. The third-order valence-electron chi connectivity index (χ3n) is 6.40. The molecular weight excluding hydrogens is 458 g/mol. The number of piperidine rings is 1. The zero-order valence-corrected chi connectivity index (χ0v) is 19.5. The first-order valence-electron chi connectivity index (χ1n) is 11.1. The van der Waals surface area contributed by atoms with Crippen LogP contribution < -0.4 is 16.4 Å². The van der Waals surface area contributed by atoms with Crippen molar-refractivity contribution in [2.24, 2.45) is 5.92 Å². The molecule has 1 amide bonds. The molecule has 1 aliphatic heterocycles. The maximum atomic E-state index is 12.6. The number of carbonyl (C=O) groups excluding carboxylic acids is 1. The van der Waals surface area contributed by atoms with Crippen LogP contribution in [-0.2, 0) is 14.6 Å². The van der Waals surface area contributed by atoms with Gasteiger partial charge in [0.15, 0.2) is 21.3 Å². The Morgan fingerprint density at radius 1 is 1.21 bits per heavy atom. The van der Waals surface area contributed by atoms with Crippen LogP contribution in [0.5, 0.6) is 0 Å². The first-order valence-corrected chi connectivity index (χ1v) is 12.6. The van der Waals surface area contributed by atoms with E-state index in [1.54, 1.807) is 26.0 Å². The summed E-state index contributed by atoms with van der Waals surface area (Å²) in [6.45, 7) is 3.27. The van der Waals surface area contributed by atoms with Crippen LogP contribution in [0.25, 0.3) is 22.8 Å². The van der Waals surface area contributed by atoms with Gasteiger partial charge in [-0.05, 0) is 51.2 Å². The molecule has 1 aromatic carbocycles. The number of nitrogens with two attached hydrogens (primary N) is 1. The zero-order chi connectivity index (χ0) is 24.0. The van der Waals surface area contributed by atoms with Crippen LogP contribution in [0.1, 0.15) is 33.1 Å². The standard InChI is InChI=1S/C22H25N7O4S/c1-11(2)34(31,32)15-7-4-12(5-8-15)16-10-24-19(23)18(26-16)21-28-29-22(33-21)27-20(30)17-13-3-6-14(9-13)25-17/h4-5,7-8,10-11,13-14,17,25H,3,6,9H2,1-2H3,(H2,23,24)(H,27,29,30). The van der Waals surface area contributed by atoms with Crippen LogP contribution in [0.2, 0.25) is 0 Å². The Labute approximate surface area is 196 Å². The van der Waals surface area contributed by atoms with Crippen molar-refractivity contribution in [1.82, 2.24) is 25.5 Å². The van der Waals surface area contributed by atoms with Gasteiger partial charge in [-0.25, -0.2) is 18.4 Å². The van der Waals surface area contributed by atoms with Gasteiger partial charge in [0.1, 0.15) is 0 Å². The fraction of sp³-hybridized carbons (Fsp3) is 0.409. The highest BCUT2D eigenvalue weighted by Gasteiger charge is 2.43. The summed E-state index contributed by atoms with van der Waals surface area (Å²) in [5.74, 6) is 0.222. The molecule has 34 heavy (non-hydrogen) atoms. The number of nitrogen functional groups attached to an aromatic ring is 1. The van der Waals surface area contributed by atoms with Gasteiger partial charge in [-0.1, -0.05) is 17.2 Å². The molecule has 2 bridgehead atoms. The first-order chi connectivity index (χ1) is 16.2. The normalized spacial score (nSPS) is 21.8. The molecular formula is C22H25N7O4S. The Balaban J connectivity index is 1.35. The van der Waals surface area contributed by atoms with Crippen molar-refractivity contribution in [3.63, 3.8) is 0 Å². The summed E-state index contributed by atoms with van der Waals surface area (Å²) in [6.07, 6.45) is 4.62. The molecule has 5 rings (SSSR count). The Hall–Kier alpha value is -3.38. The number of rotatable bonds is 6. The fourth-order valence-corrected chi connectivity index (χ4v) is 5.55. The van der Waals surface area contributed by atoms with Gasteiger partial charge in [0, 0.05) is 11.6 Å². The summed E-state index contributed by atoms with van der Waals surface area (Å²) in [6, 6.07) is 6.47. The van der Waals surface area contributed by atoms with E-state index in [9.17, 15) is 13.2 Å². The second kappa shape index (κ2) is 8.44. The molecule has 1 saturated heterocycles. The van der Waals surface area contributed by atoms with Crippen molar-refractivity contribution >= 4 is 27.6 Å². The number of benzene rings is 1. The number of anilines is 2. The number of nitrogens with zero attached hydrogens (tertiary/aromatic N) is 4. The predicted octanol–water partition coefficient (Wildman–Crippen LogP) is 2.04. The van der Waals surface area contributed by atoms with Crippen molar-refractivity contribution in [3.05, 3.63) is 30.5 Å². The number of amides is 1.